The number of benzene rings is 2. The first-order valence-electron chi connectivity index (χ1n) is 11.4. The molecule has 1 saturated heterocycles. The number of para-hydroxylation sites is 1. The van der Waals surface area contributed by atoms with E-state index < -0.39 is 0 Å². The summed E-state index contributed by atoms with van der Waals surface area (Å²) in [5, 5.41) is 4.00. The SMILES string of the molecule is NC(=O)C1CCCN(Cc2ccc(NC(=O)c3c4c(nc5ccccc35)CCC4)cc2)C1. The Balaban J connectivity index is 1.32. The number of nitrogens with one attached hydrogen (secondary N) is 1. The fourth-order valence-corrected chi connectivity index (χ4v) is 5.05. The molecule has 1 aliphatic heterocycles. The fraction of sp³-hybridized carbons (Fsp3) is 0.346. The molecule has 2 aliphatic rings. The zero-order chi connectivity index (χ0) is 22.1. The van der Waals surface area contributed by atoms with Gasteiger partial charge in [0.05, 0.1) is 17.0 Å². The summed E-state index contributed by atoms with van der Waals surface area (Å²) in [6, 6.07) is 15.9. The van der Waals surface area contributed by atoms with Gasteiger partial charge in [0.25, 0.3) is 5.91 Å². The minimum absolute atomic E-state index is 0.0563. The molecule has 0 radical (unpaired) electrons. The van der Waals surface area contributed by atoms with Crippen molar-refractivity contribution < 1.29 is 9.59 Å². The highest BCUT2D eigenvalue weighted by Gasteiger charge is 2.25. The van der Waals surface area contributed by atoms with E-state index in [1.165, 1.54) is 0 Å². The molecule has 1 unspecified atom stereocenters. The predicted octanol–water partition coefficient (Wildman–Crippen LogP) is 3.67. The van der Waals surface area contributed by atoms with Gasteiger partial charge in [-0.25, -0.2) is 0 Å². The molecule has 2 aromatic carbocycles. The number of nitrogens with two attached hydrogens (primary N) is 1. The maximum atomic E-state index is 13.3. The lowest BCUT2D eigenvalue weighted by Gasteiger charge is -2.31. The van der Waals surface area contributed by atoms with E-state index in [9.17, 15) is 9.59 Å². The molecule has 32 heavy (non-hydrogen) atoms. The van der Waals surface area contributed by atoms with Crippen LogP contribution in [0.5, 0.6) is 0 Å². The van der Waals surface area contributed by atoms with Crippen molar-refractivity contribution >= 4 is 28.4 Å². The molecule has 2 amide bonds. The number of hydrogen-bond acceptors (Lipinski definition) is 4. The van der Waals surface area contributed by atoms with Crippen LogP contribution in [0, 0.1) is 5.92 Å². The van der Waals surface area contributed by atoms with Crippen LogP contribution in [0.3, 0.4) is 0 Å². The number of nitrogens with zero attached hydrogens (tertiary/aromatic N) is 2. The molecule has 0 spiro atoms. The van der Waals surface area contributed by atoms with Gasteiger partial charge >= 0.3 is 0 Å². The van der Waals surface area contributed by atoms with Gasteiger partial charge < -0.3 is 11.1 Å². The first kappa shape index (κ1) is 20.6. The maximum Gasteiger partial charge on any atom is 0.256 e. The molecule has 0 bridgehead atoms. The molecular formula is C26H28N4O2. The molecule has 2 heterocycles. The van der Waals surface area contributed by atoms with Crippen molar-refractivity contribution in [3.8, 4) is 0 Å². The summed E-state index contributed by atoms with van der Waals surface area (Å²) in [5.74, 6) is -0.336. The minimum atomic E-state index is -0.206. The van der Waals surface area contributed by atoms with E-state index in [1.807, 2.05) is 48.5 Å². The summed E-state index contributed by atoms with van der Waals surface area (Å²) in [6.45, 7) is 2.47. The van der Waals surface area contributed by atoms with Crippen LogP contribution >= 0.6 is 0 Å². The highest BCUT2D eigenvalue weighted by molar-refractivity contribution is 6.13. The van der Waals surface area contributed by atoms with Crippen molar-refractivity contribution in [3.05, 3.63) is 70.9 Å². The summed E-state index contributed by atoms with van der Waals surface area (Å²) in [6.07, 6.45) is 4.75. The second-order valence-corrected chi connectivity index (χ2v) is 8.91. The fourth-order valence-electron chi connectivity index (χ4n) is 5.05. The van der Waals surface area contributed by atoms with E-state index in [1.54, 1.807) is 0 Å². The molecule has 1 aromatic heterocycles. The summed E-state index contributed by atoms with van der Waals surface area (Å²) in [7, 11) is 0. The zero-order valence-electron chi connectivity index (χ0n) is 18.1. The number of aromatic nitrogens is 1. The Kier molecular flexibility index (Phi) is 5.62. The maximum absolute atomic E-state index is 13.3. The zero-order valence-corrected chi connectivity index (χ0v) is 18.1. The van der Waals surface area contributed by atoms with Crippen molar-refractivity contribution in [2.24, 2.45) is 11.7 Å². The number of hydrogen-bond donors (Lipinski definition) is 2. The number of carbonyl (C=O) groups is 2. The summed E-state index contributed by atoms with van der Waals surface area (Å²) in [4.78, 5) is 31.9. The quantitative estimate of drug-likeness (QED) is 0.649. The molecule has 6 nitrogen and oxygen atoms in total. The van der Waals surface area contributed by atoms with E-state index in [4.69, 9.17) is 10.7 Å². The average molecular weight is 429 g/mol. The van der Waals surface area contributed by atoms with Crippen LogP contribution in [0.2, 0.25) is 0 Å². The van der Waals surface area contributed by atoms with E-state index in [0.717, 1.165) is 84.2 Å². The van der Waals surface area contributed by atoms with E-state index in [2.05, 4.69) is 10.2 Å². The Morgan fingerprint density at radius 3 is 2.69 bits per heavy atom. The third-order valence-electron chi connectivity index (χ3n) is 6.67. The average Bonchev–Trinajstić information content (AvgIpc) is 3.27. The van der Waals surface area contributed by atoms with Gasteiger partial charge in [0.2, 0.25) is 5.91 Å². The van der Waals surface area contributed by atoms with E-state index in [0.29, 0.717) is 6.54 Å². The third-order valence-corrected chi connectivity index (χ3v) is 6.67. The standard InChI is InChI=1S/C26H28N4O2/c27-25(31)18-5-4-14-30(16-18)15-17-10-12-19(13-11-17)28-26(32)24-20-6-1-2-8-22(20)29-23-9-3-7-21(23)24/h1-2,6,8,10-13,18H,3-5,7,9,14-16H2,(H2,27,31)(H,28,32). The number of anilines is 1. The number of aryl methyl sites for hydroxylation is 1. The van der Waals surface area contributed by atoms with Gasteiger partial charge in [-0.05, 0) is 68.0 Å². The highest BCUT2D eigenvalue weighted by Crippen LogP contribution is 2.30. The first-order valence-corrected chi connectivity index (χ1v) is 11.4. The van der Waals surface area contributed by atoms with Crippen LogP contribution in [0.1, 0.15) is 46.4 Å². The Hall–Kier alpha value is -3.25. The largest absolute Gasteiger partial charge is 0.369 e. The second kappa shape index (κ2) is 8.71. The van der Waals surface area contributed by atoms with Crippen molar-refractivity contribution in [2.75, 3.05) is 18.4 Å². The highest BCUT2D eigenvalue weighted by atomic mass is 16.2. The van der Waals surface area contributed by atoms with Gasteiger partial charge in [-0.1, -0.05) is 30.3 Å². The second-order valence-electron chi connectivity index (χ2n) is 8.91. The molecule has 3 N–H and O–H groups in total. The molecule has 0 saturated carbocycles. The molecule has 3 aromatic rings. The number of fused-ring (bicyclic) bond motifs is 2. The van der Waals surface area contributed by atoms with Gasteiger partial charge in [-0.2, -0.15) is 0 Å². The normalized spacial score (nSPS) is 18.4. The summed E-state index contributed by atoms with van der Waals surface area (Å²) >= 11 is 0. The minimum Gasteiger partial charge on any atom is -0.369 e. The summed E-state index contributed by atoms with van der Waals surface area (Å²) in [5.41, 5.74) is 11.2. The van der Waals surface area contributed by atoms with Crippen molar-refractivity contribution in [1.29, 1.82) is 0 Å². The lowest BCUT2D eigenvalue weighted by atomic mass is 9.97. The van der Waals surface area contributed by atoms with Crippen LogP contribution in [-0.2, 0) is 24.2 Å². The lowest BCUT2D eigenvalue weighted by Crippen LogP contribution is -2.40. The number of pyridine rings is 1. The topological polar surface area (TPSA) is 88.3 Å². The Bertz CT molecular complexity index is 1170. The third kappa shape index (κ3) is 4.10. The van der Waals surface area contributed by atoms with Gasteiger partial charge in [0.15, 0.2) is 0 Å². The van der Waals surface area contributed by atoms with E-state index in [-0.39, 0.29) is 17.7 Å². The van der Waals surface area contributed by atoms with Gasteiger partial charge in [-0.3, -0.25) is 19.5 Å². The van der Waals surface area contributed by atoms with Crippen LogP contribution < -0.4 is 11.1 Å². The lowest BCUT2D eigenvalue weighted by molar-refractivity contribution is -0.123. The van der Waals surface area contributed by atoms with Crippen molar-refractivity contribution in [2.45, 2.75) is 38.6 Å². The van der Waals surface area contributed by atoms with Gasteiger partial charge in [0, 0.05) is 29.9 Å². The first-order chi connectivity index (χ1) is 15.6. The molecule has 164 valence electrons. The van der Waals surface area contributed by atoms with Crippen LogP contribution in [0.25, 0.3) is 10.9 Å². The van der Waals surface area contributed by atoms with Gasteiger partial charge in [-0.15, -0.1) is 0 Å². The van der Waals surface area contributed by atoms with Crippen molar-refractivity contribution in [1.82, 2.24) is 9.88 Å². The number of amides is 2. The molecule has 1 atom stereocenters. The van der Waals surface area contributed by atoms with Gasteiger partial charge in [0.1, 0.15) is 0 Å². The van der Waals surface area contributed by atoms with Crippen LogP contribution in [0.15, 0.2) is 48.5 Å². The molecule has 1 aliphatic carbocycles. The monoisotopic (exact) mass is 428 g/mol. The van der Waals surface area contributed by atoms with E-state index >= 15 is 0 Å². The van der Waals surface area contributed by atoms with Crippen LogP contribution in [-0.4, -0.2) is 34.8 Å². The number of likely N-dealkylation sites (tertiary alicyclic amines) is 1. The summed E-state index contributed by atoms with van der Waals surface area (Å²) < 4.78 is 0. The molecular weight excluding hydrogens is 400 g/mol. The number of rotatable bonds is 5. The number of piperidine rings is 1. The smallest absolute Gasteiger partial charge is 0.256 e. The Labute approximate surface area is 187 Å². The molecule has 5 rings (SSSR count). The molecule has 6 heteroatoms. The Morgan fingerprint density at radius 1 is 1.06 bits per heavy atom. The van der Waals surface area contributed by atoms with Crippen LogP contribution in [0.4, 0.5) is 5.69 Å². The predicted molar refractivity (Wildman–Crippen MR) is 125 cm³/mol. The number of carbonyl (C=O) groups excluding carboxylic acids is 2. The Morgan fingerprint density at radius 2 is 1.88 bits per heavy atom. The molecule has 1 fully saturated rings. The number of primary amides is 1. The van der Waals surface area contributed by atoms with Crippen molar-refractivity contribution in [3.63, 3.8) is 0 Å².